The van der Waals surface area contributed by atoms with Crippen molar-refractivity contribution in [2.45, 2.75) is 24.8 Å². The highest BCUT2D eigenvalue weighted by molar-refractivity contribution is 6.41. The Balaban J connectivity index is 2.74. The number of ether oxygens (including phenoxy) is 2. The molecule has 0 aromatic heterocycles. The molecule has 1 aromatic rings. The van der Waals surface area contributed by atoms with E-state index in [1.165, 1.54) is 5.56 Å². The predicted molar refractivity (Wildman–Crippen MR) is 63.0 cm³/mol. The van der Waals surface area contributed by atoms with Crippen LogP contribution in [0.5, 0.6) is 0 Å². The molecule has 0 aliphatic heterocycles. The summed E-state index contributed by atoms with van der Waals surface area (Å²) >= 11 is 0. The lowest BCUT2D eigenvalue weighted by molar-refractivity contribution is -0.0457. The normalized spacial score (nSPS) is 12.1. The monoisotopic (exact) mass is 222 g/mol. The van der Waals surface area contributed by atoms with Crippen molar-refractivity contribution in [1.82, 2.24) is 0 Å². The molecule has 1 rings (SSSR count). The summed E-state index contributed by atoms with van der Waals surface area (Å²) in [6.45, 7) is 4.43. The Bertz CT molecular complexity index is 281. The van der Waals surface area contributed by atoms with Crippen LogP contribution in [0, 0.1) is 0 Å². The molecule has 0 saturated heterocycles. The van der Waals surface area contributed by atoms with Gasteiger partial charge in [-0.1, -0.05) is 44.2 Å². The van der Waals surface area contributed by atoms with Gasteiger partial charge in [-0.05, 0) is 10.6 Å². The molecule has 0 spiro atoms. The van der Waals surface area contributed by atoms with Crippen LogP contribution in [-0.4, -0.2) is 29.7 Å². The van der Waals surface area contributed by atoms with Crippen molar-refractivity contribution >= 4 is 9.52 Å². The van der Waals surface area contributed by atoms with Crippen LogP contribution >= 0.6 is 0 Å². The maximum absolute atomic E-state index is 5.25. The van der Waals surface area contributed by atoms with Gasteiger partial charge in [0.2, 0.25) is 0 Å². The second-order valence-electron chi connectivity index (χ2n) is 3.94. The number of methoxy groups -OCH3 is 2. The van der Waals surface area contributed by atoms with E-state index in [0.29, 0.717) is 9.52 Å². The van der Waals surface area contributed by atoms with Gasteiger partial charge in [-0.2, -0.15) is 0 Å². The van der Waals surface area contributed by atoms with E-state index < -0.39 is 0 Å². The molecule has 15 heavy (non-hydrogen) atoms. The molecular formula is C12H18O2Si. The molecule has 82 valence electrons. The third-order valence-electron chi connectivity index (χ3n) is 2.40. The summed E-state index contributed by atoms with van der Waals surface area (Å²) < 4.78 is 10.5. The molecule has 2 nitrogen and oxygen atoms in total. The molecule has 0 saturated carbocycles. The van der Waals surface area contributed by atoms with E-state index in [9.17, 15) is 0 Å². The van der Waals surface area contributed by atoms with Crippen molar-refractivity contribution < 1.29 is 9.47 Å². The zero-order chi connectivity index (χ0) is 11.3. The van der Waals surface area contributed by atoms with Crippen LogP contribution in [0.3, 0.4) is 0 Å². The van der Waals surface area contributed by atoms with Gasteiger partial charge < -0.3 is 9.47 Å². The van der Waals surface area contributed by atoms with Crippen molar-refractivity contribution in [3.8, 4) is 0 Å². The van der Waals surface area contributed by atoms with Crippen LogP contribution in [-0.2, 0) is 14.5 Å². The molecule has 1 aromatic carbocycles. The molecule has 3 heteroatoms. The van der Waals surface area contributed by atoms with E-state index in [-0.39, 0.29) is 11.0 Å². The van der Waals surface area contributed by atoms with E-state index in [1.807, 2.05) is 6.07 Å². The van der Waals surface area contributed by atoms with Crippen molar-refractivity contribution in [2.75, 3.05) is 14.2 Å². The molecule has 0 amide bonds. The molecule has 0 unspecified atom stereocenters. The average molecular weight is 222 g/mol. The quantitative estimate of drug-likeness (QED) is 0.562. The molecular weight excluding hydrogens is 204 g/mol. The average Bonchev–Trinajstić information content (AvgIpc) is 2.27. The third-order valence-corrected chi connectivity index (χ3v) is 4.12. The Hall–Kier alpha value is -0.643. The summed E-state index contributed by atoms with van der Waals surface area (Å²) in [7, 11) is 3.95. The smallest absolute Gasteiger partial charge is 0.137 e. The first-order chi connectivity index (χ1) is 7.10. The summed E-state index contributed by atoms with van der Waals surface area (Å²) in [6.07, 6.45) is 0. The summed E-state index contributed by atoms with van der Waals surface area (Å²) in [4.78, 5) is 0. The maximum atomic E-state index is 5.25. The van der Waals surface area contributed by atoms with Gasteiger partial charge in [0.15, 0.2) is 0 Å². The van der Waals surface area contributed by atoms with Gasteiger partial charge in [0.25, 0.3) is 0 Å². The van der Waals surface area contributed by atoms with Gasteiger partial charge in [0.05, 0.1) is 0 Å². The number of hydrogen-bond donors (Lipinski definition) is 0. The van der Waals surface area contributed by atoms with Crippen LogP contribution in [0.4, 0.5) is 0 Å². The van der Waals surface area contributed by atoms with E-state index in [1.54, 1.807) is 14.2 Å². The Labute approximate surface area is 94.4 Å². The van der Waals surface area contributed by atoms with Crippen molar-refractivity contribution in [1.29, 1.82) is 0 Å². The van der Waals surface area contributed by atoms with E-state index in [2.05, 4.69) is 38.1 Å². The summed E-state index contributed by atoms with van der Waals surface area (Å²) in [5.74, 6) is -0.111. The predicted octanol–water partition coefficient (Wildman–Crippen LogP) is 2.20. The van der Waals surface area contributed by atoms with Crippen LogP contribution in [0.15, 0.2) is 30.3 Å². The van der Waals surface area contributed by atoms with Gasteiger partial charge in [-0.25, -0.2) is 0 Å². The second-order valence-corrected chi connectivity index (χ2v) is 5.95. The Morgan fingerprint density at radius 3 is 2.07 bits per heavy atom. The fourth-order valence-corrected chi connectivity index (χ4v) is 2.61. The van der Waals surface area contributed by atoms with Gasteiger partial charge >= 0.3 is 0 Å². The zero-order valence-corrected chi connectivity index (χ0v) is 10.8. The van der Waals surface area contributed by atoms with E-state index in [4.69, 9.17) is 9.47 Å². The fourth-order valence-electron chi connectivity index (χ4n) is 1.45. The minimum Gasteiger partial charge on any atom is -0.360 e. The molecule has 0 N–H and O–H groups in total. The van der Waals surface area contributed by atoms with Crippen LogP contribution in [0.2, 0.25) is 0 Å². The van der Waals surface area contributed by atoms with Crippen molar-refractivity contribution in [3.63, 3.8) is 0 Å². The van der Waals surface area contributed by atoms with Crippen molar-refractivity contribution in [2.24, 2.45) is 0 Å². The molecule has 2 radical (unpaired) electrons. The van der Waals surface area contributed by atoms with Crippen LogP contribution in [0.25, 0.3) is 0 Å². The topological polar surface area (TPSA) is 18.5 Å². The molecule has 0 atom stereocenters. The molecule has 0 fully saturated rings. The van der Waals surface area contributed by atoms with E-state index in [0.717, 1.165) is 0 Å². The first kappa shape index (κ1) is 12.4. The van der Waals surface area contributed by atoms with Crippen LogP contribution < -0.4 is 0 Å². The number of hydrogen-bond acceptors (Lipinski definition) is 2. The lowest BCUT2D eigenvalue weighted by Gasteiger charge is -2.27. The standard InChI is InChI=1S/C12H18O2Si/c1-12(2,15-11(13-3)14-4)10-8-6-5-7-9-10/h5-9,11H,1-4H3. The maximum Gasteiger partial charge on any atom is 0.137 e. The Kier molecular flexibility index (Phi) is 4.51. The Morgan fingerprint density at radius 1 is 1.07 bits per heavy atom. The minimum absolute atomic E-state index is 0.0952. The van der Waals surface area contributed by atoms with Crippen LogP contribution in [0.1, 0.15) is 19.4 Å². The SMILES string of the molecule is COC(OC)[Si]C(C)(C)c1ccccc1. The highest BCUT2D eigenvalue weighted by atomic mass is 28.2. The first-order valence-corrected chi connectivity index (χ1v) is 6.06. The second kappa shape index (κ2) is 5.44. The lowest BCUT2D eigenvalue weighted by atomic mass is 10.0. The Morgan fingerprint density at radius 2 is 1.60 bits per heavy atom. The number of benzene rings is 1. The molecule has 0 aliphatic carbocycles. The van der Waals surface area contributed by atoms with Gasteiger partial charge in [-0.15, -0.1) is 0 Å². The highest BCUT2D eigenvalue weighted by Crippen LogP contribution is 2.22. The van der Waals surface area contributed by atoms with Gasteiger partial charge in [-0.3, -0.25) is 0 Å². The molecule has 0 aliphatic rings. The minimum atomic E-state index is -0.111. The lowest BCUT2D eigenvalue weighted by Crippen LogP contribution is -2.37. The molecule has 0 heterocycles. The third kappa shape index (κ3) is 3.45. The van der Waals surface area contributed by atoms with Gasteiger partial charge in [0, 0.05) is 14.2 Å². The summed E-state index contributed by atoms with van der Waals surface area (Å²) in [5, 5.41) is 0.0952. The fraction of sp³-hybridized carbons (Fsp3) is 0.500. The highest BCUT2D eigenvalue weighted by Gasteiger charge is 2.26. The summed E-state index contributed by atoms with van der Waals surface area (Å²) in [5.41, 5.74) is 1.32. The largest absolute Gasteiger partial charge is 0.360 e. The van der Waals surface area contributed by atoms with Gasteiger partial charge in [0.1, 0.15) is 15.4 Å². The first-order valence-electron chi connectivity index (χ1n) is 4.99. The number of rotatable bonds is 5. The van der Waals surface area contributed by atoms with Crippen molar-refractivity contribution in [3.05, 3.63) is 35.9 Å². The summed E-state index contributed by atoms with van der Waals surface area (Å²) in [6, 6.07) is 10.5. The van der Waals surface area contributed by atoms with E-state index >= 15 is 0 Å². The molecule has 0 bridgehead atoms. The zero-order valence-electron chi connectivity index (χ0n) is 9.78.